The van der Waals surface area contributed by atoms with Gasteiger partial charge >= 0.3 is 0 Å². The van der Waals surface area contributed by atoms with Gasteiger partial charge in [0.15, 0.2) is 0 Å². The third-order valence-electron chi connectivity index (χ3n) is 5.02. The van der Waals surface area contributed by atoms with Crippen molar-refractivity contribution in [2.75, 3.05) is 0 Å². The van der Waals surface area contributed by atoms with Crippen molar-refractivity contribution in [2.45, 2.75) is 0 Å². The largest absolute Gasteiger partial charge is 0.472 e. The van der Waals surface area contributed by atoms with Gasteiger partial charge in [0.2, 0.25) is 0 Å². The predicted octanol–water partition coefficient (Wildman–Crippen LogP) is 4.82. The third kappa shape index (κ3) is 2.52. The Morgan fingerprint density at radius 3 is 2.76 bits per heavy atom. The maximum Gasteiger partial charge on any atom is 0.138 e. The Balaban J connectivity index is 1.53. The van der Waals surface area contributed by atoms with Gasteiger partial charge in [0, 0.05) is 40.5 Å². The molecular formula is C22H14N6O. The second kappa shape index (κ2) is 6.13. The molecule has 6 heterocycles. The molecule has 0 amide bonds. The number of aromatic nitrogens is 6. The second-order valence-electron chi connectivity index (χ2n) is 6.74. The van der Waals surface area contributed by atoms with Crippen LogP contribution in [0.3, 0.4) is 0 Å². The molecule has 0 saturated heterocycles. The van der Waals surface area contributed by atoms with E-state index in [-0.39, 0.29) is 0 Å². The van der Waals surface area contributed by atoms with Gasteiger partial charge in [-0.25, -0.2) is 4.98 Å². The summed E-state index contributed by atoms with van der Waals surface area (Å²) in [4.78, 5) is 16.6. The summed E-state index contributed by atoms with van der Waals surface area (Å²) in [5, 5.41) is 9.60. The Labute approximate surface area is 164 Å². The zero-order chi connectivity index (χ0) is 19.2. The summed E-state index contributed by atoms with van der Waals surface area (Å²) in [5.41, 5.74) is 7.26. The van der Waals surface area contributed by atoms with E-state index < -0.39 is 0 Å². The van der Waals surface area contributed by atoms with Crippen molar-refractivity contribution in [1.82, 2.24) is 30.1 Å². The van der Waals surface area contributed by atoms with Crippen molar-refractivity contribution >= 4 is 21.9 Å². The normalized spacial score (nSPS) is 11.4. The number of furan rings is 1. The molecule has 0 spiro atoms. The van der Waals surface area contributed by atoms with E-state index >= 15 is 0 Å². The number of rotatable bonds is 3. The SMILES string of the molecule is c1cncc(-c2cc3c(-c4cc5c(-c6ccoc6)ccnc5[nH]4)n[nH]c3cn2)c1. The van der Waals surface area contributed by atoms with Gasteiger partial charge in [-0.05, 0) is 42.0 Å². The van der Waals surface area contributed by atoms with E-state index in [1.165, 1.54) is 0 Å². The van der Waals surface area contributed by atoms with Crippen molar-refractivity contribution in [2.24, 2.45) is 0 Å². The highest BCUT2D eigenvalue weighted by Crippen LogP contribution is 2.34. The Morgan fingerprint density at radius 2 is 1.90 bits per heavy atom. The van der Waals surface area contributed by atoms with Gasteiger partial charge in [-0.1, -0.05) is 0 Å². The fourth-order valence-corrected chi connectivity index (χ4v) is 3.62. The standard InChI is InChI=1S/C22H14N6O/c1-2-13(10-23-5-1)18-9-17-20(11-25-18)27-28-21(17)19-8-16-15(14-4-7-29-12-14)3-6-24-22(16)26-19/h1-12H,(H,24,26)(H,27,28). The van der Waals surface area contributed by atoms with Gasteiger partial charge in [-0.3, -0.25) is 15.1 Å². The summed E-state index contributed by atoms with van der Waals surface area (Å²) >= 11 is 0. The Hall–Kier alpha value is -4.26. The van der Waals surface area contributed by atoms with Crippen molar-refractivity contribution in [1.29, 1.82) is 0 Å². The molecular weight excluding hydrogens is 364 g/mol. The maximum atomic E-state index is 5.25. The van der Waals surface area contributed by atoms with Crippen molar-refractivity contribution in [3.63, 3.8) is 0 Å². The van der Waals surface area contributed by atoms with E-state index in [2.05, 4.69) is 36.2 Å². The molecule has 0 radical (unpaired) electrons. The average Bonchev–Trinajstić information content (AvgIpc) is 3.52. The van der Waals surface area contributed by atoms with Crippen LogP contribution in [0, 0.1) is 0 Å². The first-order chi connectivity index (χ1) is 14.4. The van der Waals surface area contributed by atoms with Crippen LogP contribution < -0.4 is 0 Å². The fourth-order valence-electron chi connectivity index (χ4n) is 3.62. The minimum Gasteiger partial charge on any atom is -0.472 e. The minimum absolute atomic E-state index is 0.802. The van der Waals surface area contributed by atoms with E-state index in [0.717, 1.165) is 55.7 Å². The van der Waals surface area contributed by atoms with Crippen LogP contribution in [0.15, 0.2) is 78.1 Å². The molecule has 2 N–H and O–H groups in total. The molecule has 0 aromatic carbocycles. The molecule has 0 saturated carbocycles. The average molecular weight is 378 g/mol. The molecule has 0 bridgehead atoms. The van der Waals surface area contributed by atoms with Crippen LogP contribution in [0.4, 0.5) is 0 Å². The first-order valence-corrected chi connectivity index (χ1v) is 9.12. The third-order valence-corrected chi connectivity index (χ3v) is 5.02. The summed E-state index contributed by atoms with van der Waals surface area (Å²) < 4.78 is 5.25. The molecule has 0 aliphatic heterocycles. The predicted molar refractivity (Wildman–Crippen MR) is 110 cm³/mol. The molecule has 0 unspecified atom stereocenters. The number of fused-ring (bicyclic) bond motifs is 2. The van der Waals surface area contributed by atoms with Crippen LogP contribution in [-0.4, -0.2) is 30.1 Å². The number of pyridine rings is 3. The Morgan fingerprint density at radius 1 is 0.897 bits per heavy atom. The Bertz CT molecular complexity index is 1450. The number of H-pyrrole nitrogens is 2. The van der Waals surface area contributed by atoms with Crippen molar-refractivity contribution in [3.05, 3.63) is 73.7 Å². The fraction of sp³-hybridized carbons (Fsp3) is 0. The lowest BCUT2D eigenvalue weighted by atomic mass is 10.1. The molecule has 7 nitrogen and oxygen atoms in total. The van der Waals surface area contributed by atoms with E-state index in [0.29, 0.717) is 0 Å². The van der Waals surface area contributed by atoms with E-state index in [9.17, 15) is 0 Å². The molecule has 6 rings (SSSR count). The molecule has 0 aliphatic carbocycles. The van der Waals surface area contributed by atoms with Crippen LogP contribution in [-0.2, 0) is 0 Å². The lowest BCUT2D eigenvalue weighted by Crippen LogP contribution is -1.85. The van der Waals surface area contributed by atoms with Crippen molar-refractivity contribution < 1.29 is 4.42 Å². The topological polar surface area (TPSA) is 96.3 Å². The summed E-state index contributed by atoms with van der Waals surface area (Å²) in [5.74, 6) is 0. The quantitative estimate of drug-likeness (QED) is 0.460. The van der Waals surface area contributed by atoms with Gasteiger partial charge in [0.05, 0.1) is 35.6 Å². The molecule has 6 aromatic rings. The lowest BCUT2D eigenvalue weighted by molar-refractivity contribution is 0.568. The molecule has 138 valence electrons. The molecule has 6 aromatic heterocycles. The van der Waals surface area contributed by atoms with Crippen LogP contribution in [0.25, 0.3) is 55.7 Å². The summed E-state index contributed by atoms with van der Waals surface area (Å²) in [7, 11) is 0. The molecule has 0 atom stereocenters. The number of hydrogen-bond acceptors (Lipinski definition) is 5. The van der Waals surface area contributed by atoms with E-state index in [4.69, 9.17) is 4.42 Å². The highest BCUT2D eigenvalue weighted by Gasteiger charge is 2.15. The first-order valence-electron chi connectivity index (χ1n) is 9.12. The smallest absolute Gasteiger partial charge is 0.138 e. The maximum absolute atomic E-state index is 5.25. The summed E-state index contributed by atoms with van der Waals surface area (Å²) in [6, 6.07) is 11.9. The molecule has 7 heteroatoms. The van der Waals surface area contributed by atoms with Gasteiger partial charge < -0.3 is 9.40 Å². The Kier molecular flexibility index (Phi) is 3.33. The van der Waals surface area contributed by atoms with Gasteiger partial charge in [-0.2, -0.15) is 5.10 Å². The number of hydrogen-bond donors (Lipinski definition) is 2. The minimum atomic E-state index is 0.802. The van der Waals surface area contributed by atoms with E-state index in [1.54, 1.807) is 37.3 Å². The number of nitrogens with zero attached hydrogens (tertiary/aromatic N) is 4. The van der Waals surface area contributed by atoms with Gasteiger partial charge in [0.1, 0.15) is 11.3 Å². The van der Waals surface area contributed by atoms with Crippen LogP contribution in [0.1, 0.15) is 0 Å². The van der Waals surface area contributed by atoms with E-state index in [1.807, 2.05) is 30.3 Å². The van der Waals surface area contributed by atoms with Crippen LogP contribution in [0.5, 0.6) is 0 Å². The first kappa shape index (κ1) is 15.8. The molecule has 29 heavy (non-hydrogen) atoms. The zero-order valence-corrected chi connectivity index (χ0v) is 15.1. The van der Waals surface area contributed by atoms with Crippen molar-refractivity contribution in [3.8, 4) is 33.8 Å². The zero-order valence-electron chi connectivity index (χ0n) is 15.1. The number of aromatic amines is 2. The number of nitrogens with one attached hydrogen (secondary N) is 2. The summed E-state index contributed by atoms with van der Waals surface area (Å²) in [6.45, 7) is 0. The monoisotopic (exact) mass is 378 g/mol. The molecule has 0 fully saturated rings. The second-order valence-corrected chi connectivity index (χ2v) is 6.74. The van der Waals surface area contributed by atoms with Crippen LogP contribution >= 0.6 is 0 Å². The summed E-state index contributed by atoms with van der Waals surface area (Å²) in [6.07, 6.45) is 10.5. The van der Waals surface area contributed by atoms with Gasteiger partial charge in [0.25, 0.3) is 0 Å². The van der Waals surface area contributed by atoms with Crippen LogP contribution in [0.2, 0.25) is 0 Å². The van der Waals surface area contributed by atoms with Gasteiger partial charge in [-0.15, -0.1) is 0 Å². The highest BCUT2D eigenvalue weighted by molar-refractivity contribution is 6.00. The molecule has 0 aliphatic rings. The lowest BCUT2D eigenvalue weighted by Gasteiger charge is -2.00. The highest BCUT2D eigenvalue weighted by atomic mass is 16.3.